The first-order valence-corrected chi connectivity index (χ1v) is 10.1. The Bertz CT molecular complexity index is 677. The van der Waals surface area contributed by atoms with Gasteiger partial charge < -0.3 is 4.74 Å². The summed E-state index contributed by atoms with van der Waals surface area (Å²) in [6.07, 6.45) is 7.14. The van der Waals surface area contributed by atoms with E-state index in [1.165, 1.54) is 24.0 Å². The van der Waals surface area contributed by atoms with E-state index in [-0.39, 0.29) is 11.4 Å². The second-order valence-electron chi connectivity index (χ2n) is 8.88. The Kier molecular flexibility index (Phi) is 6.09. The average Bonchev–Trinajstić information content (AvgIpc) is 2.56. The predicted molar refractivity (Wildman–Crippen MR) is 107 cm³/mol. The molecule has 1 heterocycles. The van der Waals surface area contributed by atoms with Crippen molar-refractivity contribution in [1.82, 2.24) is 4.90 Å². The van der Waals surface area contributed by atoms with Gasteiger partial charge in [0.2, 0.25) is 0 Å². The van der Waals surface area contributed by atoms with Crippen molar-refractivity contribution in [1.29, 1.82) is 0 Å². The number of rotatable bonds is 4. The van der Waals surface area contributed by atoms with Crippen LogP contribution in [0.5, 0.6) is 5.75 Å². The molecule has 0 spiro atoms. The van der Waals surface area contributed by atoms with Crippen molar-refractivity contribution in [2.24, 2.45) is 11.3 Å². The summed E-state index contributed by atoms with van der Waals surface area (Å²) in [6, 6.07) is 6.78. The summed E-state index contributed by atoms with van der Waals surface area (Å²) < 4.78 is 5.59. The lowest BCUT2D eigenvalue weighted by Crippen LogP contribution is -2.49. The minimum atomic E-state index is -0.150. The molecule has 1 saturated heterocycles. The maximum atomic E-state index is 12.1. The fourth-order valence-electron chi connectivity index (χ4n) is 4.31. The summed E-state index contributed by atoms with van der Waals surface area (Å²) in [5.41, 5.74) is 4.31. The highest BCUT2D eigenvalue weighted by Gasteiger charge is 2.35. The number of hydrogen-bond donors (Lipinski definition) is 0. The number of benzene rings is 1. The first-order valence-electron chi connectivity index (χ1n) is 9.67. The molecule has 3 rings (SSSR count). The van der Waals surface area contributed by atoms with Crippen molar-refractivity contribution < 1.29 is 9.53 Å². The first-order chi connectivity index (χ1) is 12.4. The van der Waals surface area contributed by atoms with Gasteiger partial charge in [-0.25, -0.2) is 0 Å². The molecule has 142 valence electrons. The number of likely N-dealkylation sites (tertiary alicyclic amines) is 1. The molecule has 1 aromatic rings. The van der Waals surface area contributed by atoms with Gasteiger partial charge in [-0.15, -0.1) is 0 Å². The van der Waals surface area contributed by atoms with Gasteiger partial charge in [0.15, 0.2) is 0 Å². The molecule has 2 aliphatic rings. The highest BCUT2D eigenvalue weighted by Crippen LogP contribution is 2.36. The number of esters is 1. The van der Waals surface area contributed by atoms with Crippen LogP contribution < -0.4 is 4.74 Å². The molecule has 26 heavy (non-hydrogen) atoms. The van der Waals surface area contributed by atoms with Crippen LogP contribution in [-0.4, -0.2) is 30.0 Å². The van der Waals surface area contributed by atoms with Crippen molar-refractivity contribution in [3.05, 3.63) is 40.9 Å². The zero-order valence-electron chi connectivity index (χ0n) is 16.1. The zero-order valence-corrected chi connectivity index (χ0v) is 16.9. The molecule has 4 heteroatoms. The van der Waals surface area contributed by atoms with Crippen LogP contribution in [0.4, 0.5) is 0 Å². The van der Waals surface area contributed by atoms with E-state index in [0.717, 1.165) is 25.9 Å². The highest BCUT2D eigenvalue weighted by molar-refractivity contribution is 6.25. The Labute approximate surface area is 162 Å². The normalized spacial score (nSPS) is 23.5. The fraction of sp³-hybridized carbons (Fsp3) is 0.591. The third kappa shape index (κ3) is 4.89. The Morgan fingerprint density at radius 3 is 2.85 bits per heavy atom. The molecule has 1 aromatic carbocycles. The molecule has 2 unspecified atom stereocenters. The summed E-state index contributed by atoms with van der Waals surface area (Å²) in [6.45, 7) is 8.24. The van der Waals surface area contributed by atoms with Gasteiger partial charge in [0.1, 0.15) is 5.75 Å². The Morgan fingerprint density at radius 1 is 1.31 bits per heavy atom. The third-order valence-electron chi connectivity index (χ3n) is 5.46. The van der Waals surface area contributed by atoms with E-state index in [4.69, 9.17) is 16.3 Å². The second kappa shape index (κ2) is 8.14. The molecule has 1 aliphatic carbocycles. The minimum Gasteiger partial charge on any atom is -0.427 e. The number of hydrogen-bond acceptors (Lipinski definition) is 3. The van der Waals surface area contributed by atoms with E-state index >= 15 is 0 Å². The number of ether oxygens (including phenoxy) is 1. The maximum Gasteiger partial charge on any atom is 0.311 e. The van der Waals surface area contributed by atoms with Crippen molar-refractivity contribution in [2.45, 2.75) is 58.9 Å². The molecule has 3 nitrogen and oxygen atoms in total. The molecule has 0 saturated carbocycles. The van der Waals surface area contributed by atoms with Crippen LogP contribution in [0.2, 0.25) is 0 Å². The van der Waals surface area contributed by atoms with Gasteiger partial charge in [-0.3, -0.25) is 9.69 Å². The van der Waals surface area contributed by atoms with Crippen molar-refractivity contribution in [3.8, 4) is 5.75 Å². The monoisotopic (exact) mass is 375 g/mol. The van der Waals surface area contributed by atoms with Crippen LogP contribution in [0, 0.1) is 11.3 Å². The van der Waals surface area contributed by atoms with Crippen LogP contribution >= 0.6 is 11.6 Å². The zero-order chi connectivity index (χ0) is 18.7. The number of piperidine rings is 1. The molecule has 1 fully saturated rings. The fourth-order valence-corrected chi connectivity index (χ4v) is 4.39. The van der Waals surface area contributed by atoms with Crippen LogP contribution in [0.15, 0.2) is 29.8 Å². The summed E-state index contributed by atoms with van der Waals surface area (Å²) in [7, 11) is 0. The molecular formula is C22H30ClNO2. The largest absolute Gasteiger partial charge is 0.427 e. The van der Waals surface area contributed by atoms with Gasteiger partial charge in [-0.05, 0) is 66.8 Å². The maximum absolute atomic E-state index is 12.1. The number of carbonyl (C=O) groups excluding carboxylic acids is 1. The third-order valence-corrected chi connectivity index (χ3v) is 5.64. The van der Waals surface area contributed by atoms with E-state index in [1.54, 1.807) is 5.54 Å². The van der Waals surface area contributed by atoms with Gasteiger partial charge in [-0.2, -0.15) is 0 Å². The lowest BCUT2D eigenvalue weighted by atomic mass is 9.75. The van der Waals surface area contributed by atoms with Crippen LogP contribution in [-0.2, 0) is 17.6 Å². The van der Waals surface area contributed by atoms with E-state index in [1.807, 2.05) is 12.1 Å². The molecular weight excluding hydrogens is 346 g/mol. The smallest absolute Gasteiger partial charge is 0.311 e. The lowest BCUT2D eigenvalue weighted by Gasteiger charge is -2.44. The van der Waals surface area contributed by atoms with Crippen molar-refractivity contribution in [2.75, 3.05) is 13.1 Å². The first kappa shape index (κ1) is 19.4. The van der Waals surface area contributed by atoms with Crippen molar-refractivity contribution >= 4 is 17.6 Å². The summed E-state index contributed by atoms with van der Waals surface area (Å²) in [5.74, 6) is 1.22. The van der Waals surface area contributed by atoms with E-state index in [2.05, 4.69) is 37.8 Å². The SMILES string of the molecule is CC(C)(C)CC(=O)Oc1ccc2c(c1)CC1CCCN(CC=CCl)C1C2. The van der Waals surface area contributed by atoms with Crippen LogP contribution in [0.25, 0.3) is 0 Å². The van der Waals surface area contributed by atoms with Gasteiger partial charge in [0.05, 0.1) is 6.42 Å². The summed E-state index contributed by atoms with van der Waals surface area (Å²) >= 11 is 5.73. The Balaban J connectivity index is 1.71. The van der Waals surface area contributed by atoms with Crippen LogP contribution in [0.1, 0.15) is 51.2 Å². The highest BCUT2D eigenvalue weighted by atomic mass is 35.5. The lowest BCUT2D eigenvalue weighted by molar-refractivity contribution is -0.136. The number of nitrogens with zero attached hydrogens (tertiary/aromatic N) is 1. The van der Waals surface area contributed by atoms with Gasteiger partial charge >= 0.3 is 5.97 Å². The van der Waals surface area contributed by atoms with E-state index < -0.39 is 0 Å². The van der Waals surface area contributed by atoms with Crippen molar-refractivity contribution in [3.63, 3.8) is 0 Å². The Morgan fingerprint density at radius 2 is 2.12 bits per heavy atom. The predicted octanol–water partition coefficient (Wildman–Crippen LogP) is 4.96. The number of halogens is 1. The molecule has 0 aromatic heterocycles. The average molecular weight is 376 g/mol. The Hall–Kier alpha value is -1.32. The van der Waals surface area contributed by atoms with Crippen LogP contribution in [0.3, 0.4) is 0 Å². The van der Waals surface area contributed by atoms with Gasteiger partial charge in [0, 0.05) is 18.1 Å². The van der Waals surface area contributed by atoms with Gasteiger partial charge in [0.25, 0.3) is 0 Å². The topological polar surface area (TPSA) is 29.5 Å². The van der Waals surface area contributed by atoms with E-state index in [0.29, 0.717) is 24.1 Å². The summed E-state index contributed by atoms with van der Waals surface area (Å²) in [5, 5.41) is 0. The molecule has 2 atom stereocenters. The number of carbonyl (C=O) groups is 1. The molecule has 0 bridgehead atoms. The molecule has 1 aliphatic heterocycles. The quantitative estimate of drug-likeness (QED) is 0.550. The standard InChI is InChI=1S/C22H30ClNO2/c1-22(2,3)15-21(25)26-19-8-7-16-14-20-17(12-18(16)13-19)6-4-10-24(20)11-5-9-23/h5,7-9,13,17,20H,4,6,10-12,14-15H2,1-3H3. The number of fused-ring (bicyclic) bond motifs is 2. The minimum absolute atomic E-state index is 0.0540. The molecule has 0 radical (unpaired) electrons. The molecule has 0 N–H and O–H groups in total. The molecule has 0 amide bonds. The summed E-state index contributed by atoms with van der Waals surface area (Å²) in [4.78, 5) is 14.7. The second-order valence-corrected chi connectivity index (χ2v) is 9.13. The van der Waals surface area contributed by atoms with Gasteiger partial charge in [-0.1, -0.05) is 44.5 Å². The van der Waals surface area contributed by atoms with E-state index in [9.17, 15) is 4.79 Å².